The molecular weight excluding hydrogens is 566 g/mol. The van der Waals surface area contributed by atoms with Crippen molar-refractivity contribution in [1.29, 1.82) is 0 Å². The molecule has 3 aromatic carbocycles. The first-order valence-electron chi connectivity index (χ1n) is 12.8. The largest absolute Gasteiger partial charge is 0.493 e. The fraction of sp³-hybridized carbons (Fsp3) is 0.300. The van der Waals surface area contributed by atoms with Crippen LogP contribution in [0.4, 0.5) is 0 Å². The highest BCUT2D eigenvalue weighted by Gasteiger charge is 2.23. The van der Waals surface area contributed by atoms with Gasteiger partial charge in [-0.05, 0) is 59.5 Å². The zero-order chi connectivity index (χ0) is 26.6. The summed E-state index contributed by atoms with van der Waals surface area (Å²) in [5.74, 6) is 1.81. The molecule has 1 fully saturated rings. The van der Waals surface area contributed by atoms with Gasteiger partial charge in [-0.3, -0.25) is 4.79 Å². The number of para-hydroxylation sites is 1. The normalized spacial score (nSPS) is 14.3. The van der Waals surface area contributed by atoms with Crippen molar-refractivity contribution < 1.29 is 9.47 Å². The highest BCUT2D eigenvalue weighted by Crippen LogP contribution is 2.42. The molecule has 8 heteroatoms. The van der Waals surface area contributed by atoms with Gasteiger partial charge in [0.2, 0.25) is 0 Å². The van der Waals surface area contributed by atoms with Crippen LogP contribution in [-0.4, -0.2) is 23.0 Å². The Labute approximate surface area is 235 Å². The molecule has 0 radical (unpaired) electrons. The van der Waals surface area contributed by atoms with Gasteiger partial charge in [0.25, 0.3) is 5.56 Å². The average Bonchev–Trinajstić information content (AvgIpc) is 2.94. The first kappa shape index (κ1) is 26.4. The summed E-state index contributed by atoms with van der Waals surface area (Å²) >= 11 is 10.3. The molecule has 0 spiro atoms. The first-order valence-corrected chi connectivity index (χ1v) is 13.9. The first-order chi connectivity index (χ1) is 18.5. The van der Waals surface area contributed by atoms with Crippen LogP contribution in [0.1, 0.15) is 60.5 Å². The van der Waals surface area contributed by atoms with Crippen LogP contribution in [0.2, 0.25) is 5.02 Å². The van der Waals surface area contributed by atoms with Crippen molar-refractivity contribution in [3.63, 3.8) is 0 Å². The maximum absolute atomic E-state index is 13.5. The molecule has 0 bridgehead atoms. The molecule has 1 aliphatic carbocycles. The summed E-state index contributed by atoms with van der Waals surface area (Å²) in [6.07, 6.45) is 7.07. The molecule has 0 atom stereocenters. The second kappa shape index (κ2) is 11.7. The lowest BCUT2D eigenvalue weighted by atomic mass is 9.88. The number of halogens is 2. The SMILES string of the molecule is COc1cc(C=Nn2c(C3CCCCC3)nc3ccccc3c2=O)c(Br)c(Cl)c1OCc1cccc(C)c1. The van der Waals surface area contributed by atoms with Gasteiger partial charge in [-0.25, -0.2) is 4.98 Å². The second-order valence-electron chi connectivity index (χ2n) is 9.59. The topological polar surface area (TPSA) is 65.7 Å². The summed E-state index contributed by atoms with van der Waals surface area (Å²) < 4.78 is 13.7. The van der Waals surface area contributed by atoms with Gasteiger partial charge in [0.05, 0.1) is 24.2 Å². The Bertz CT molecular complexity index is 1560. The minimum absolute atomic E-state index is 0.181. The Kier molecular flexibility index (Phi) is 8.15. The Balaban J connectivity index is 1.52. The van der Waals surface area contributed by atoms with E-state index in [2.05, 4.69) is 27.1 Å². The molecule has 0 N–H and O–H groups in total. The number of rotatable bonds is 7. The molecule has 0 unspecified atom stereocenters. The molecule has 0 amide bonds. The van der Waals surface area contributed by atoms with Gasteiger partial charge in [-0.15, -0.1) is 0 Å². The molecule has 5 rings (SSSR count). The Morgan fingerprint density at radius 3 is 2.68 bits per heavy atom. The molecule has 1 heterocycles. The van der Waals surface area contributed by atoms with E-state index < -0.39 is 0 Å². The van der Waals surface area contributed by atoms with Crippen molar-refractivity contribution in [2.24, 2.45) is 5.10 Å². The maximum Gasteiger partial charge on any atom is 0.282 e. The van der Waals surface area contributed by atoms with Gasteiger partial charge >= 0.3 is 0 Å². The van der Waals surface area contributed by atoms with Crippen LogP contribution in [0.3, 0.4) is 0 Å². The van der Waals surface area contributed by atoms with Gasteiger partial charge in [0.1, 0.15) is 17.5 Å². The summed E-state index contributed by atoms with van der Waals surface area (Å²) in [6.45, 7) is 2.39. The van der Waals surface area contributed by atoms with Crippen LogP contribution in [-0.2, 0) is 6.61 Å². The van der Waals surface area contributed by atoms with Crippen LogP contribution < -0.4 is 15.0 Å². The van der Waals surface area contributed by atoms with E-state index in [9.17, 15) is 4.79 Å². The van der Waals surface area contributed by atoms with Gasteiger partial charge in [0.15, 0.2) is 11.5 Å². The van der Waals surface area contributed by atoms with E-state index in [1.54, 1.807) is 25.5 Å². The molecular formula is C30H29BrClN3O3. The fourth-order valence-corrected chi connectivity index (χ4v) is 5.59. The van der Waals surface area contributed by atoms with E-state index in [1.165, 1.54) is 11.1 Å². The van der Waals surface area contributed by atoms with E-state index in [4.69, 9.17) is 26.1 Å². The predicted molar refractivity (Wildman–Crippen MR) is 156 cm³/mol. The minimum Gasteiger partial charge on any atom is -0.493 e. The summed E-state index contributed by atoms with van der Waals surface area (Å²) in [6, 6.07) is 17.3. The number of benzene rings is 3. The molecule has 6 nitrogen and oxygen atoms in total. The number of hydrogen-bond donors (Lipinski definition) is 0. The van der Waals surface area contributed by atoms with Crippen LogP contribution in [0.5, 0.6) is 11.5 Å². The molecule has 38 heavy (non-hydrogen) atoms. The number of methoxy groups -OCH3 is 1. The van der Waals surface area contributed by atoms with Crippen molar-refractivity contribution in [3.05, 3.63) is 97.0 Å². The third-order valence-corrected chi connectivity index (χ3v) is 8.35. The summed E-state index contributed by atoms with van der Waals surface area (Å²) in [7, 11) is 1.57. The number of nitrogens with zero attached hydrogens (tertiary/aromatic N) is 3. The number of aromatic nitrogens is 2. The summed E-state index contributed by atoms with van der Waals surface area (Å²) in [5.41, 5.74) is 3.36. The Hall–Kier alpha value is -3.16. The maximum atomic E-state index is 13.5. The number of hydrogen-bond acceptors (Lipinski definition) is 5. The van der Waals surface area contributed by atoms with E-state index in [0.29, 0.717) is 49.9 Å². The van der Waals surface area contributed by atoms with Gasteiger partial charge in [0, 0.05) is 16.0 Å². The molecule has 4 aromatic rings. The van der Waals surface area contributed by atoms with E-state index in [-0.39, 0.29) is 11.5 Å². The Morgan fingerprint density at radius 2 is 1.92 bits per heavy atom. The van der Waals surface area contributed by atoms with Crippen molar-refractivity contribution in [2.45, 2.75) is 51.6 Å². The lowest BCUT2D eigenvalue weighted by Gasteiger charge is -2.22. The minimum atomic E-state index is -0.181. The molecule has 0 aliphatic heterocycles. The van der Waals surface area contributed by atoms with Crippen LogP contribution >= 0.6 is 27.5 Å². The van der Waals surface area contributed by atoms with E-state index >= 15 is 0 Å². The number of ether oxygens (including phenoxy) is 2. The third-order valence-electron chi connectivity index (χ3n) is 6.90. The van der Waals surface area contributed by atoms with Gasteiger partial charge in [-0.1, -0.05) is 72.8 Å². The van der Waals surface area contributed by atoms with Crippen molar-refractivity contribution in [2.75, 3.05) is 7.11 Å². The van der Waals surface area contributed by atoms with E-state index in [0.717, 1.165) is 36.8 Å². The second-order valence-corrected chi connectivity index (χ2v) is 10.8. The zero-order valence-corrected chi connectivity index (χ0v) is 23.8. The van der Waals surface area contributed by atoms with Crippen LogP contribution in [0.15, 0.2) is 69.0 Å². The lowest BCUT2D eigenvalue weighted by molar-refractivity contribution is 0.284. The molecule has 1 aromatic heterocycles. The van der Waals surface area contributed by atoms with Crippen molar-refractivity contribution in [3.8, 4) is 11.5 Å². The van der Waals surface area contributed by atoms with Gasteiger partial charge in [-0.2, -0.15) is 9.78 Å². The predicted octanol–water partition coefficient (Wildman–Crippen LogP) is 7.64. The van der Waals surface area contributed by atoms with E-state index in [1.807, 2.05) is 43.3 Å². The van der Waals surface area contributed by atoms with Crippen molar-refractivity contribution in [1.82, 2.24) is 9.66 Å². The summed E-state index contributed by atoms with van der Waals surface area (Å²) in [4.78, 5) is 18.4. The monoisotopic (exact) mass is 593 g/mol. The molecule has 0 saturated heterocycles. The lowest BCUT2D eigenvalue weighted by Crippen LogP contribution is -2.25. The molecule has 1 saturated carbocycles. The highest BCUT2D eigenvalue weighted by atomic mass is 79.9. The number of fused-ring (bicyclic) bond motifs is 1. The fourth-order valence-electron chi connectivity index (χ4n) is 4.94. The average molecular weight is 595 g/mol. The van der Waals surface area contributed by atoms with Gasteiger partial charge < -0.3 is 9.47 Å². The zero-order valence-electron chi connectivity index (χ0n) is 21.4. The smallest absolute Gasteiger partial charge is 0.282 e. The van der Waals surface area contributed by atoms with Crippen LogP contribution in [0.25, 0.3) is 10.9 Å². The molecule has 1 aliphatic rings. The number of aryl methyl sites for hydroxylation is 1. The molecule has 196 valence electrons. The quantitative estimate of drug-likeness (QED) is 0.206. The highest BCUT2D eigenvalue weighted by molar-refractivity contribution is 9.10. The third kappa shape index (κ3) is 5.49. The summed E-state index contributed by atoms with van der Waals surface area (Å²) in [5, 5.41) is 5.55. The standard InChI is InChI=1S/C30H29BrClN3O3/c1-19-9-8-10-20(15-19)18-38-28-25(37-2)16-22(26(31)27(28)32)17-33-35-29(21-11-4-3-5-12-21)34-24-14-7-6-13-23(24)30(35)36/h6-10,13-17,21H,3-5,11-12,18H2,1-2H3. The Morgan fingerprint density at radius 1 is 1.13 bits per heavy atom. The van der Waals surface area contributed by atoms with Crippen molar-refractivity contribution >= 4 is 44.6 Å². The van der Waals surface area contributed by atoms with Crippen LogP contribution in [0, 0.1) is 6.92 Å².